The lowest BCUT2D eigenvalue weighted by Gasteiger charge is -2.33. The highest BCUT2D eigenvalue weighted by molar-refractivity contribution is 5.88. The SMILES string of the molecule is CC(F)(F)CN1CCC(COc2ccc(-c3ccc(C(=O)O)cc3F)nc2)CC1. The monoisotopic (exact) mass is 408 g/mol. The Kier molecular flexibility index (Phi) is 6.42. The molecule has 1 aliphatic rings. The van der Waals surface area contributed by atoms with E-state index in [2.05, 4.69) is 4.98 Å². The second-order valence-electron chi connectivity index (χ2n) is 7.48. The Morgan fingerprint density at radius 2 is 2.00 bits per heavy atom. The van der Waals surface area contributed by atoms with Crippen LogP contribution in [0.25, 0.3) is 11.3 Å². The van der Waals surface area contributed by atoms with E-state index in [1.54, 1.807) is 17.0 Å². The van der Waals surface area contributed by atoms with Crippen molar-refractivity contribution in [2.24, 2.45) is 5.92 Å². The number of aromatic carboxylic acids is 1. The molecule has 0 spiro atoms. The zero-order valence-corrected chi connectivity index (χ0v) is 16.1. The number of aromatic nitrogens is 1. The number of likely N-dealkylation sites (tertiary alicyclic amines) is 1. The first-order valence-electron chi connectivity index (χ1n) is 9.43. The summed E-state index contributed by atoms with van der Waals surface area (Å²) in [6, 6.07) is 6.97. The van der Waals surface area contributed by atoms with E-state index in [9.17, 15) is 18.0 Å². The fraction of sp³-hybridized carbons (Fsp3) is 0.429. The van der Waals surface area contributed by atoms with Gasteiger partial charge in [-0.3, -0.25) is 9.88 Å². The van der Waals surface area contributed by atoms with Gasteiger partial charge in [0, 0.05) is 12.5 Å². The van der Waals surface area contributed by atoms with Crippen LogP contribution in [0.15, 0.2) is 36.5 Å². The molecule has 0 bridgehead atoms. The Hall–Kier alpha value is -2.61. The van der Waals surface area contributed by atoms with Gasteiger partial charge in [0.25, 0.3) is 5.92 Å². The Labute approximate surface area is 167 Å². The van der Waals surface area contributed by atoms with Gasteiger partial charge in [0.05, 0.1) is 30.6 Å². The molecule has 0 unspecified atom stereocenters. The summed E-state index contributed by atoms with van der Waals surface area (Å²) in [5.74, 6) is -3.70. The first-order chi connectivity index (χ1) is 13.7. The first kappa shape index (κ1) is 21.1. The first-order valence-corrected chi connectivity index (χ1v) is 9.43. The van der Waals surface area contributed by atoms with E-state index >= 15 is 0 Å². The molecule has 1 aromatic heterocycles. The van der Waals surface area contributed by atoms with Gasteiger partial charge >= 0.3 is 5.97 Å². The molecule has 1 aromatic carbocycles. The van der Waals surface area contributed by atoms with Crippen LogP contribution in [-0.4, -0.2) is 53.1 Å². The molecule has 29 heavy (non-hydrogen) atoms. The van der Waals surface area contributed by atoms with Crippen LogP contribution in [0, 0.1) is 11.7 Å². The Morgan fingerprint density at radius 3 is 2.55 bits per heavy atom. The molecule has 0 radical (unpaired) electrons. The molecule has 0 atom stereocenters. The molecule has 0 amide bonds. The number of pyridine rings is 1. The van der Waals surface area contributed by atoms with Crippen LogP contribution in [0.3, 0.4) is 0 Å². The molecule has 2 aromatic rings. The van der Waals surface area contributed by atoms with Gasteiger partial charge in [-0.1, -0.05) is 0 Å². The van der Waals surface area contributed by atoms with Crippen LogP contribution in [0.5, 0.6) is 5.75 Å². The largest absolute Gasteiger partial charge is 0.492 e. The van der Waals surface area contributed by atoms with E-state index in [1.165, 1.54) is 18.3 Å². The summed E-state index contributed by atoms with van der Waals surface area (Å²) in [5, 5.41) is 8.90. The summed E-state index contributed by atoms with van der Waals surface area (Å²) in [5.41, 5.74) is 0.460. The normalized spacial score (nSPS) is 16.0. The molecule has 1 aliphatic heterocycles. The fourth-order valence-corrected chi connectivity index (χ4v) is 3.40. The summed E-state index contributed by atoms with van der Waals surface area (Å²) < 4.78 is 46.1. The number of carboxylic acid groups (broad SMARTS) is 1. The average Bonchev–Trinajstić information content (AvgIpc) is 2.66. The van der Waals surface area contributed by atoms with Crippen molar-refractivity contribution in [3.63, 3.8) is 0 Å². The zero-order chi connectivity index (χ0) is 21.0. The van der Waals surface area contributed by atoms with Gasteiger partial charge in [0.1, 0.15) is 11.6 Å². The molecule has 3 rings (SSSR count). The zero-order valence-electron chi connectivity index (χ0n) is 16.1. The maximum Gasteiger partial charge on any atom is 0.335 e. The molecular weight excluding hydrogens is 385 g/mol. The Bertz CT molecular complexity index is 845. The van der Waals surface area contributed by atoms with Gasteiger partial charge < -0.3 is 9.84 Å². The summed E-state index contributed by atoms with van der Waals surface area (Å²) in [4.78, 5) is 16.9. The predicted molar refractivity (Wildman–Crippen MR) is 102 cm³/mol. The predicted octanol–water partition coefficient (Wildman–Crippen LogP) is 4.33. The van der Waals surface area contributed by atoms with Crippen molar-refractivity contribution in [1.82, 2.24) is 9.88 Å². The summed E-state index contributed by atoms with van der Waals surface area (Å²) in [7, 11) is 0. The maximum atomic E-state index is 14.1. The molecule has 1 fully saturated rings. The van der Waals surface area contributed by atoms with Crippen molar-refractivity contribution in [1.29, 1.82) is 0 Å². The number of hydrogen-bond donors (Lipinski definition) is 1. The number of ether oxygens (including phenoxy) is 1. The van der Waals surface area contributed by atoms with E-state index in [0.717, 1.165) is 25.8 Å². The highest BCUT2D eigenvalue weighted by atomic mass is 19.3. The third kappa shape index (κ3) is 5.93. The quantitative estimate of drug-likeness (QED) is 0.739. The van der Waals surface area contributed by atoms with E-state index in [4.69, 9.17) is 9.84 Å². The van der Waals surface area contributed by atoms with E-state index < -0.39 is 17.7 Å². The molecular formula is C21H23F3N2O3. The van der Waals surface area contributed by atoms with Crippen molar-refractivity contribution >= 4 is 5.97 Å². The molecule has 156 valence electrons. The third-order valence-electron chi connectivity index (χ3n) is 4.92. The van der Waals surface area contributed by atoms with Crippen LogP contribution in [0.4, 0.5) is 13.2 Å². The van der Waals surface area contributed by atoms with Gasteiger partial charge in [-0.2, -0.15) is 0 Å². The number of benzene rings is 1. The summed E-state index contributed by atoms with van der Waals surface area (Å²) >= 11 is 0. The van der Waals surface area contributed by atoms with Gasteiger partial charge in [-0.25, -0.2) is 18.0 Å². The van der Waals surface area contributed by atoms with Crippen LogP contribution < -0.4 is 4.74 Å². The van der Waals surface area contributed by atoms with Crippen LogP contribution in [-0.2, 0) is 0 Å². The van der Waals surface area contributed by atoms with Gasteiger partial charge in [-0.05, 0) is 62.2 Å². The minimum atomic E-state index is -2.68. The number of halogens is 3. The van der Waals surface area contributed by atoms with E-state index in [1.807, 2.05) is 0 Å². The third-order valence-corrected chi connectivity index (χ3v) is 4.92. The van der Waals surface area contributed by atoms with Crippen molar-refractivity contribution in [3.05, 3.63) is 47.9 Å². The lowest BCUT2D eigenvalue weighted by Crippen LogP contribution is -2.41. The standard InChI is InChI=1S/C21H23F3N2O3/c1-21(23,24)13-26-8-6-14(7-9-26)12-29-16-3-5-19(25-11-16)17-4-2-15(20(27)28)10-18(17)22/h2-5,10-11,14H,6-9,12-13H2,1H3,(H,27,28). The Morgan fingerprint density at radius 1 is 1.28 bits per heavy atom. The van der Waals surface area contributed by atoms with E-state index in [-0.39, 0.29) is 23.6 Å². The number of rotatable bonds is 7. The molecule has 2 heterocycles. The second-order valence-corrected chi connectivity index (χ2v) is 7.48. The number of piperidine rings is 1. The Balaban J connectivity index is 1.52. The fourth-order valence-electron chi connectivity index (χ4n) is 3.40. The molecule has 8 heteroatoms. The number of alkyl halides is 2. The van der Waals surface area contributed by atoms with Crippen LogP contribution >= 0.6 is 0 Å². The van der Waals surface area contributed by atoms with Gasteiger partial charge in [-0.15, -0.1) is 0 Å². The molecule has 1 saturated heterocycles. The number of nitrogens with zero attached hydrogens (tertiary/aromatic N) is 2. The molecule has 1 N–H and O–H groups in total. The summed E-state index contributed by atoms with van der Waals surface area (Å²) in [6.45, 7) is 2.45. The minimum Gasteiger partial charge on any atom is -0.492 e. The van der Waals surface area contributed by atoms with Gasteiger partial charge in [0.2, 0.25) is 0 Å². The highest BCUT2D eigenvalue weighted by Crippen LogP contribution is 2.25. The lowest BCUT2D eigenvalue weighted by atomic mass is 9.97. The maximum absolute atomic E-state index is 14.1. The van der Waals surface area contributed by atoms with Crippen molar-refractivity contribution in [3.8, 4) is 17.0 Å². The van der Waals surface area contributed by atoms with Gasteiger partial charge in [0.15, 0.2) is 0 Å². The molecule has 5 nitrogen and oxygen atoms in total. The number of carboxylic acids is 1. The average molecular weight is 408 g/mol. The topological polar surface area (TPSA) is 62.7 Å². The highest BCUT2D eigenvalue weighted by Gasteiger charge is 2.28. The number of hydrogen-bond acceptors (Lipinski definition) is 4. The minimum absolute atomic E-state index is 0.125. The smallest absolute Gasteiger partial charge is 0.335 e. The van der Waals surface area contributed by atoms with Crippen LogP contribution in [0.1, 0.15) is 30.1 Å². The lowest BCUT2D eigenvalue weighted by molar-refractivity contribution is -0.0238. The second kappa shape index (κ2) is 8.82. The van der Waals surface area contributed by atoms with Crippen LogP contribution in [0.2, 0.25) is 0 Å². The van der Waals surface area contributed by atoms with E-state index in [0.29, 0.717) is 31.1 Å². The van der Waals surface area contributed by atoms with Crippen molar-refractivity contribution < 1.29 is 27.8 Å². The summed E-state index contributed by atoms with van der Waals surface area (Å²) in [6.07, 6.45) is 3.08. The molecule has 0 saturated carbocycles. The van der Waals surface area contributed by atoms with Crippen molar-refractivity contribution in [2.45, 2.75) is 25.7 Å². The van der Waals surface area contributed by atoms with Crippen molar-refractivity contribution in [2.75, 3.05) is 26.2 Å². The number of carbonyl (C=O) groups is 1. The molecule has 0 aliphatic carbocycles.